The number of nitrogens with two attached hydrogens (primary N) is 1. The molecule has 0 aliphatic rings. The molecule has 2 nitrogen and oxygen atoms in total. The summed E-state index contributed by atoms with van der Waals surface area (Å²) < 4.78 is 0. The summed E-state index contributed by atoms with van der Waals surface area (Å²) in [7, 11) is 0. The zero-order valence-corrected chi connectivity index (χ0v) is 9.40. The number of aryl methyl sites for hydroxylation is 1. The van der Waals surface area contributed by atoms with Gasteiger partial charge in [-0.15, -0.1) is 0 Å². The predicted molar refractivity (Wildman–Crippen MR) is 69.4 cm³/mol. The van der Waals surface area contributed by atoms with E-state index < -0.39 is 0 Å². The van der Waals surface area contributed by atoms with Gasteiger partial charge in [0.15, 0.2) is 0 Å². The normalized spacial score (nSPS) is 10.1. The molecule has 0 spiro atoms. The first-order chi connectivity index (χ1) is 7.74. The minimum Gasteiger partial charge on any atom is -0.399 e. The lowest BCUT2D eigenvalue weighted by molar-refractivity contribution is 1.15. The number of hydrogen-bond acceptors (Lipinski definition) is 2. The van der Waals surface area contributed by atoms with Gasteiger partial charge in [-0.25, -0.2) is 0 Å². The molecule has 0 unspecified atom stereocenters. The molecule has 2 aromatic carbocycles. The van der Waals surface area contributed by atoms with Crippen molar-refractivity contribution in [2.24, 2.45) is 0 Å². The molecule has 2 aromatic rings. The van der Waals surface area contributed by atoms with Gasteiger partial charge in [-0.1, -0.05) is 24.3 Å². The van der Waals surface area contributed by atoms with Gasteiger partial charge >= 0.3 is 0 Å². The largest absolute Gasteiger partial charge is 0.399 e. The highest BCUT2D eigenvalue weighted by molar-refractivity contribution is 5.46. The molecule has 0 saturated carbocycles. The molecular weight excluding hydrogens is 196 g/mol. The molecule has 0 bridgehead atoms. The van der Waals surface area contributed by atoms with Gasteiger partial charge in [-0.05, 0) is 42.3 Å². The molecular formula is C14H16N2. The number of hydrogen-bond donors (Lipinski definition) is 2. The highest BCUT2D eigenvalue weighted by atomic mass is 14.9. The van der Waals surface area contributed by atoms with Gasteiger partial charge < -0.3 is 11.1 Å². The second-order valence-corrected chi connectivity index (χ2v) is 3.96. The summed E-state index contributed by atoms with van der Waals surface area (Å²) in [5.41, 5.74) is 10.1. The van der Waals surface area contributed by atoms with Crippen LogP contribution in [0.25, 0.3) is 0 Å². The Kier molecular flexibility index (Phi) is 3.10. The van der Waals surface area contributed by atoms with Crippen molar-refractivity contribution in [3.05, 3.63) is 59.7 Å². The summed E-state index contributed by atoms with van der Waals surface area (Å²) in [6, 6.07) is 16.3. The Morgan fingerprint density at radius 1 is 1.06 bits per heavy atom. The average molecular weight is 212 g/mol. The van der Waals surface area contributed by atoms with Gasteiger partial charge in [-0.2, -0.15) is 0 Å². The Balaban J connectivity index is 1.99. The topological polar surface area (TPSA) is 38.0 Å². The first-order valence-electron chi connectivity index (χ1n) is 5.39. The van der Waals surface area contributed by atoms with Gasteiger partial charge in [0.1, 0.15) is 0 Å². The van der Waals surface area contributed by atoms with Gasteiger partial charge in [0.25, 0.3) is 0 Å². The van der Waals surface area contributed by atoms with Crippen LogP contribution in [0, 0.1) is 6.92 Å². The molecule has 16 heavy (non-hydrogen) atoms. The Hall–Kier alpha value is -1.96. The molecule has 0 aliphatic heterocycles. The fourth-order valence-corrected chi connectivity index (χ4v) is 1.59. The maximum absolute atomic E-state index is 5.63. The van der Waals surface area contributed by atoms with Crippen LogP contribution < -0.4 is 11.1 Å². The number of rotatable bonds is 3. The standard InChI is InChI=1S/C14H16N2/c1-11-3-2-4-14(9-11)16-10-12-5-7-13(15)8-6-12/h2-9,16H,10,15H2,1H3. The third-order valence-electron chi connectivity index (χ3n) is 2.49. The number of anilines is 2. The molecule has 2 rings (SSSR count). The van der Waals surface area contributed by atoms with E-state index in [0.717, 1.165) is 17.9 Å². The lowest BCUT2D eigenvalue weighted by atomic mass is 10.2. The van der Waals surface area contributed by atoms with Crippen LogP contribution in [0.1, 0.15) is 11.1 Å². The Bertz CT molecular complexity index is 460. The zero-order valence-electron chi connectivity index (χ0n) is 9.40. The smallest absolute Gasteiger partial charge is 0.0400 e. The maximum atomic E-state index is 5.63. The van der Waals surface area contributed by atoms with Crippen molar-refractivity contribution < 1.29 is 0 Å². The van der Waals surface area contributed by atoms with E-state index in [1.54, 1.807) is 0 Å². The van der Waals surface area contributed by atoms with Crippen molar-refractivity contribution in [3.63, 3.8) is 0 Å². The van der Waals surface area contributed by atoms with Crippen LogP contribution in [0.5, 0.6) is 0 Å². The van der Waals surface area contributed by atoms with Gasteiger partial charge in [0.05, 0.1) is 0 Å². The summed E-state index contributed by atoms with van der Waals surface area (Å²) in [4.78, 5) is 0. The quantitative estimate of drug-likeness (QED) is 0.767. The van der Waals surface area contributed by atoms with E-state index in [0.29, 0.717) is 0 Å². The minimum absolute atomic E-state index is 0.805. The van der Waals surface area contributed by atoms with Gasteiger partial charge in [-0.3, -0.25) is 0 Å². The first kappa shape index (κ1) is 10.6. The lowest BCUT2D eigenvalue weighted by Gasteiger charge is -2.07. The summed E-state index contributed by atoms with van der Waals surface area (Å²) in [6.45, 7) is 2.91. The Morgan fingerprint density at radius 3 is 2.50 bits per heavy atom. The number of benzene rings is 2. The average Bonchev–Trinajstić information content (AvgIpc) is 2.28. The van der Waals surface area contributed by atoms with E-state index >= 15 is 0 Å². The molecule has 0 heterocycles. The van der Waals surface area contributed by atoms with Crippen molar-refractivity contribution in [2.45, 2.75) is 13.5 Å². The van der Waals surface area contributed by atoms with Crippen LogP contribution in [0.2, 0.25) is 0 Å². The van der Waals surface area contributed by atoms with E-state index in [9.17, 15) is 0 Å². The molecule has 2 heteroatoms. The third kappa shape index (κ3) is 2.76. The number of nitrogens with one attached hydrogen (secondary N) is 1. The van der Waals surface area contributed by atoms with Crippen LogP contribution in [0.4, 0.5) is 11.4 Å². The predicted octanol–water partition coefficient (Wildman–Crippen LogP) is 3.19. The minimum atomic E-state index is 0.805. The molecule has 0 atom stereocenters. The lowest BCUT2D eigenvalue weighted by Crippen LogP contribution is -1.99. The highest BCUT2D eigenvalue weighted by Crippen LogP contribution is 2.12. The molecule has 0 saturated heterocycles. The second-order valence-electron chi connectivity index (χ2n) is 3.96. The third-order valence-corrected chi connectivity index (χ3v) is 2.49. The van der Waals surface area contributed by atoms with Crippen molar-refractivity contribution in [3.8, 4) is 0 Å². The number of nitrogen functional groups attached to an aromatic ring is 1. The fourth-order valence-electron chi connectivity index (χ4n) is 1.59. The Labute approximate surface area is 96.1 Å². The van der Waals surface area contributed by atoms with Crippen LogP contribution in [-0.4, -0.2) is 0 Å². The summed E-state index contributed by atoms with van der Waals surface area (Å²) in [5.74, 6) is 0. The molecule has 82 valence electrons. The van der Waals surface area contributed by atoms with Crippen LogP contribution in [0.15, 0.2) is 48.5 Å². The van der Waals surface area contributed by atoms with E-state index in [4.69, 9.17) is 5.73 Å². The highest BCUT2D eigenvalue weighted by Gasteiger charge is 1.94. The van der Waals surface area contributed by atoms with Crippen molar-refractivity contribution in [1.82, 2.24) is 0 Å². The van der Waals surface area contributed by atoms with Gasteiger partial charge in [0.2, 0.25) is 0 Å². The molecule has 0 radical (unpaired) electrons. The molecule has 0 fully saturated rings. The monoisotopic (exact) mass is 212 g/mol. The molecule has 0 aromatic heterocycles. The fraction of sp³-hybridized carbons (Fsp3) is 0.143. The molecule has 0 amide bonds. The summed E-state index contributed by atoms with van der Waals surface area (Å²) >= 11 is 0. The van der Waals surface area contributed by atoms with E-state index in [2.05, 4.69) is 36.5 Å². The van der Waals surface area contributed by atoms with E-state index in [1.807, 2.05) is 24.3 Å². The summed E-state index contributed by atoms with van der Waals surface area (Å²) in [5, 5.41) is 3.38. The SMILES string of the molecule is Cc1cccc(NCc2ccc(N)cc2)c1. The van der Waals surface area contributed by atoms with Gasteiger partial charge in [0, 0.05) is 17.9 Å². The Morgan fingerprint density at radius 2 is 1.81 bits per heavy atom. The van der Waals surface area contributed by atoms with E-state index in [-0.39, 0.29) is 0 Å². The second kappa shape index (κ2) is 4.71. The molecule has 3 N–H and O–H groups in total. The summed E-state index contributed by atoms with van der Waals surface area (Å²) in [6.07, 6.45) is 0. The first-order valence-corrected chi connectivity index (χ1v) is 5.39. The van der Waals surface area contributed by atoms with Crippen molar-refractivity contribution in [2.75, 3.05) is 11.1 Å². The maximum Gasteiger partial charge on any atom is 0.0400 e. The molecule has 0 aliphatic carbocycles. The van der Waals surface area contributed by atoms with Crippen LogP contribution in [-0.2, 0) is 6.54 Å². The van der Waals surface area contributed by atoms with Crippen LogP contribution >= 0.6 is 0 Å². The van der Waals surface area contributed by atoms with E-state index in [1.165, 1.54) is 11.1 Å². The van der Waals surface area contributed by atoms with Crippen molar-refractivity contribution >= 4 is 11.4 Å². The van der Waals surface area contributed by atoms with Crippen LogP contribution in [0.3, 0.4) is 0 Å². The zero-order chi connectivity index (χ0) is 11.4. The van der Waals surface area contributed by atoms with Crippen molar-refractivity contribution in [1.29, 1.82) is 0 Å².